The fourth-order valence-corrected chi connectivity index (χ4v) is 5.20. The van der Waals surface area contributed by atoms with Gasteiger partial charge in [-0.05, 0) is 38.8 Å². The maximum absolute atomic E-state index is 13.4. The van der Waals surface area contributed by atoms with Gasteiger partial charge in [-0.25, -0.2) is 8.42 Å². The molecule has 0 unspecified atom stereocenters. The first-order valence-electron chi connectivity index (χ1n) is 9.25. The molecule has 8 heteroatoms. The third-order valence-corrected chi connectivity index (χ3v) is 6.80. The molecule has 0 bridgehead atoms. The van der Waals surface area contributed by atoms with Gasteiger partial charge in [-0.2, -0.15) is 0 Å². The van der Waals surface area contributed by atoms with Crippen molar-refractivity contribution in [2.45, 2.75) is 32.6 Å². The Kier molecular flexibility index (Phi) is 5.81. The summed E-state index contributed by atoms with van der Waals surface area (Å²) in [7, 11) is -2.27. The molecule has 1 aromatic heterocycles. The zero-order valence-corrected chi connectivity index (χ0v) is 17.8. The largest absolute Gasteiger partial charge is 0.378 e. The number of morpholine rings is 1. The second-order valence-electron chi connectivity index (χ2n) is 7.15. The first-order chi connectivity index (χ1) is 13.2. The lowest BCUT2D eigenvalue weighted by Gasteiger charge is -2.25. The lowest BCUT2D eigenvalue weighted by Crippen LogP contribution is -2.32. The molecule has 0 amide bonds. The summed E-state index contributed by atoms with van der Waals surface area (Å²) in [6.07, 6.45) is 3.50. The van der Waals surface area contributed by atoms with Crippen LogP contribution in [0.25, 0.3) is 6.08 Å². The molecule has 28 heavy (non-hydrogen) atoms. The van der Waals surface area contributed by atoms with Crippen LogP contribution in [-0.4, -0.2) is 51.8 Å². The summed E-state index contributed by atoms with van der Waals surface area (Å²) in [6.45, 7) is 10.3. The molecule has 0 N–H and O–H groups in total. The number of nitrogens with zero attached hydrogens (tertiary/aromatic N) is 3. The van der Waals surface area contributed by atoms with E-state index in [4.69, 9.17) is 9.26 Å². The Morgan fingerprint density at radius 2 is 1.71 bits per heavy atom. The lowest BCUT2D eigenvalue weighted by atomic mass is 10.1. The second-order valence-corrected chi connectivity index (χ2v) is 9.05. The van der Waals surface area contributed by atoms with Crippen molar-refractivity contribution in [1.82, 2.24) is 10.1 Å². The molecular formula is C20H27N3O4S. The number of anilines is 1. The topological polar surface area (TPSA) is 75.9 Å². The highest BCUT2D eigenvalue weighted by atomic mass is 32.2. The van der Waals surface area contributed by atoms with Gasteiger partial charge in [0.1, 0.15) is 5.69 Å². The van der Waals surface area contributed by atoms with Gasteiger partial charge < -0.3 is 14.2 Å². The van der Waals surface area contributed by atoms with E-state index in [-0.39, 0.29) is 10.7 Å². The summed E-state index contributed by atoms with van der Waals surface area (Å²) < 4.78 is 38.9. The summed E-state index contributed by atoms with van der Waals surface area (Å²) >= 11 is 0. The third-order valence-electron chi connectivity index (χ3n) is 4.88. The minimum atomic E-state index is -3.84. The van der Waals surface area contributed by atoms with E-state index in [1.165, 1.54) is 4.31 Å². The van der Waals surface area contributed by atoms with Crippen LogP contribution in [0.4, 0.5) is 5.69 Å². The minimum Gasteiger partial charge on any atom is -0.378 e. The Morgan fingerprint density at radius 3 is 2.32 bits per heavy atom. The van der Waals surface area contributed by atoms with Crippen molar-refractivity contribution in [3.05, 3.63) is 46.5 Å². The number of benzene rings is 1. The Labute approximate surface area is 166 Å². The number of hydrogen-bond donors (Lipinski definition) is 0. The zero-order valence-electron chi connectivity index (χ0n) is 17.0. The summed E-state index contributed by atoms with van der Waals surface area (Å²) in [5.74, 6) is 0.234. The molecule has 1 aliphatic heterocycles. The smallest absolute Gasteiger partial charge is 0.269 e. The predicted molar refractivity (Wildman–Crippen MR) is 109 cm³/mol. The number of ether oxygens (including phenoxy) is 1. The molecule has 1 fully saturated rings. The first kappa shape index (κ1) is 20.4. The van der Waals surface area contributed by atoms with Crippen molar-refractivity contribution < 1.29 is 17.7 Å². The van der Waals surface area contributed by atoms with Crippen LogP contribution in [0.3, 0.4) is 0 Å². The predicted octanol–water partition coefficient (Wildman–Crippen LogP) is 3.04. The van der Waals surface area contributed by atoms with Gasteiger partial charge in [-0.3, -0.25) is 4.31 Å². The number of aryl methyl sites for hydroxylation is 4. The normalized spacial score (nSPS) is 15.4. The molecule has 0 aliphatic carbocycles. The summed E-state index contributed by atoms with van der Waals surface area (Å²) in [6, 6.07) is 3.96. The van der Waals surface area contributed by atoms with E-state index >= 15 is 0 Å². The van der Waals surface area contributed by atoms with Gasteiger partial charge in [0.05, 0.1) is 18.9 Å². The second kappa shape index (κ2) is 7.97. The van der Waals surface area contributed by atoms with Crippen LogP contribution in [0.1, 0.15) is 28.1 Å². The highest BCUT2D eigenvalue weighted by Crippen LogP contribution is 2.32. The molecule has 1 aromatic carbocycles. The molecule has 0 saturated carbocycles. The van der Waals surface area contributed by atoms with E-state index in [0.717, 1.165) is 29.8 Å². The van der Waals surface area contributed by atoms with Crippen molar-refractivity contribution in [2.75, 3.05) is 37.7 Å². The van der Waals surface area contributed by atoms with E-state index < -0.39 is 10.0 Å². The quantitative estimate of drug-likeness (QED) is 0.761. The van der Waals surface area contributed by atoms with Gasteiger partial charge in [0.2, 0.25) is 0 Å². The molecule has 0 atom stereocenters. The van der Waals surface area contributed by atoms with Gasteiger partial charge in [0, 0.05) is 32.4 Å². The maximum atomic E-state index is 13.4. The average Bonchev–Trinajstić information content (AvgIpc) is 3.01. The zero-order chi connectivity index (χ0) is 20.5. The molecule has 0 spiro atoms. The lowest BCUT2D eigenvalue weighted by molar-refractivity contribution is 0.0597. The monoisotopic (exact) mass is 405 g/mol. The van der Waals surface area contributed by atoms with Gasteiger partial charge in [-0.15, -0.1) is 0 Å². The number of sulfonamides is 1. The van der Waals surface area contributed by atoms with Crippen LogP contribution in [-0.2, 0) is 14.8 Å². The fraction of sp³-hybridized carbons (Fsp3) is 0.450. The standard InChI is InChI=1S/C20H27N3O4S/c1-14-12-15(2)19(16(3)13-14)22(5)28(24,25)20-17(4)21-27-18(20)6-7-23-8-10-26-11-9-23/h6-7,12-13H,8-11H2,1-5H3/b7-6+. The SMILES string of the molecule is Cc1cc(C)c(N(C)S(=O)(=O)c2c(C)noc2/C=C/N2CCOCC2)c(C)c1. The number of rotatable bonds is 5. The average molecular weight is 406 g/mol. The van der Waals surface area contributed by atoms with E-state index in [0.29, 0.717) is 24.6 Å². The minimum absolute atomic E-state index is 0.0962. The Bertz CT molecular complexity index is 966. The summed E-state index contributed by atoms with van der Waals surface area (Å²) in [5.41, 5.74) is 3.93. The third kappa shape index (κ3) is 3.93. The van der Waals surface area contributed by atoms with E-state index in [2.05, 4.69) is 10.1 Å². The van der Waals surface area contributed by atoms with Crippen molar-refractivity contribution in [3.63, 3.8) is 0 Å². The van der Waals surface area contributed by atoms with Gasteiger partial charge in [-0.1, -0.05) is 22.9 Å². The van der Waals surface area contributed by atoms with Gasteiger partial charge >= 0.3 is 0 Å². The van der Waals surface area contributed by atoms with Gasteiger partial charge in [0.15, 0.2) is 10.7 Å². The van der Waals surface area contributed by atoms with Crippen LogP contribution in [0.2, 0.25) is 0 Å². The molecule has 3 rings (SSSR count). The number of hydrogen-bond acceptors (Lipinski definition) is 6. The summed E-state index contributed by atoms with van der Waals surface area (Å²) in [5, 5.41) is 3.91. The highest BCUT2D eigenvalue weighted by Gasteiger charge is 2.31. The van der Waals surface area contributed by atoms with Crippen molar-refractivity contribution in [3.8, 4) is 0 Å². The molecule has 2 heterocycles. The Balaban J connectivity index is 1.98. The maximum Gasteiger partial charge on any atom is 0.269 e. The van der Waals surface area contributed by atoms with Crippen LogP contribution >= 0.6 is 0 Å². The molecule has 1 aliphatic rings. The van der Waals surface area contributed by atoms with Crippen LogP contribution in [0, 0.1) is 27.7 Å². The van der Waals surface area contributed by atoms with Crippen molar-refractivity contribution in [1.29, 1.82) is 0 Å². The Morgan fingerprint density at radius 1 is 1.11 bits per heavy atom. The van der Waals surface area contributed by atoms with Crippen molar-refractivity contribution >= 4 is 21.8 Å². The van der Waals surface area contributed by atoms with Crippen LogP contribution in [0.5, 0.6) is 0 Å². The molecule has 152 valence electrons. The first-order valence-corrected chi connectivity index (χ1v) is 10.7. The highest BCUT2D eigenvalue weighted by molar-refractivity contribution is 7.93. The molecule has 1 saturated heterocycles. The summed E-state index contributed by atoms with van der Waals surface area (Å²) in [4.78, 5) is 2.16. The van der Waals surface area contributed by atoms with E-state index in [1.54, 1.807) is 20.0 Å². The van der Waals surface area contributed by atoms with E-state index in [1.807, 2.05) is 39.1 Å². The van der Waals surface area contributed by atoms with Crippen LogP contribution in [0.15, 0.2) is 27.8 Å². The fourth-order valence-electron chi connectivity index (χ4n) is 3.62. The Hall–Kier alpha value is -2.32. The molecule has 0 radical (unpaired) electrons. The van der Waals surface area contributed by atoms with Crippen molar-refractivity contribution in [2.24, 2.45) is 0 Å². The molecular weight excluding hydrogens is 378 g/mol. The number of aromatic nitrogens is 1. The van der Waals surface area contributed by atoms with Gasteiger partial charge in [0.25, 0.3) is 10.0 Å². The van der Waals surface area contributed by atoms with E-state index in [9.17, 15) is 8.42 Å². The van der Waals surface area contributed by atoms with Crippen LogP contribution < -0.4 is 4.31 Å². The molecule has 2 aromatic rings. The molecule has 7 nitrogen and oxygen atoms in total.